The van der Waals surface area contributed by atoms with Gasteiger partial charge in [0.05, 0.1) is 11.6 Å². The average molecular weight is 250 g/mol. The molecule has 1 unspecified atom stereocenters. The van der Waals surface area contributed by atoms with Crippen LogP contribution >= 0.6 is 0 Å². The quantitative estimate of drug-likeness (QED) is 0.366. The number of hydrogen-bond donors (Lipinski definition) is 3. The van der Waals surface area contributed by atoms with Gasteiger partial charge in [0.2, 0.25) is 0 Å². The van der Waals surface area contributed by atoms with Crippen molar-refractivity contribution in [2.45, 2.75) is 12.5 Å². The smallest absolute Gasteiger partial charge is 0.408 e. The van der Waals surface area contributed by atoms with Gasteiger partial charge < -0.3 is 10.2 Å². The molecule has 0 aliphatic carbocycles. The summed E-state index contributed by atoms with van der Waals surface area (Å²) in [6.45, 7) is 0. The molecule has 1 aromatic heterocycles. The molecule has 0 spiro atoms. The van der Waals surface area contributed by atoms with Gasteiger partial charge in [0, 0.05) is 7.05 Å². The topological polar surface area (TPSA) is 116 Å². The van der Waals surface area contributed by atoms with Crippen LogP contribution in [0.1, 0.15) is 5.56 Å². The van der Waals surface area contributed by atoms with Crippen molar-refractivity contribution in [2.75, 3.05) is 0 Å². The summed E-state index contributed by atoms with van der Waals surface area (Å²) in [6.07, 6.45) is 0.317. The van der Waals surface area contributed by atoms with E-state index in [1.807, 2.05) is 5.43 Å². The number of carbonyl (C=O) groups is 1. The Morgan fingerprint density at radius 3 is 2.94 bits per heavy atom. The highest BCUT2D eigenvalue weighted by Crippen LogP contribution is 2.15. The summed E-state index contributed by atoms with van der Waals surface area (Å²) in [5.41, 5.74) is 9.61. The second-order valence-electron chi connectivity index (χ2n) is 4.05. The lowest BCUT2D eigenvalue weighted by Crippen LogP contribution is -2.45. The number of benzene rings is 1. The number of hydrazine groups is 1. The van der Waals surface area contributed by atoms with Gasteiger partial charge in [0.1, 0.15) is 0 Å². The molecule has 0 saturated heterocycles. The molecule has 0 fully saturated rings. The highest BCUT2D eigenvalue weighted by atomic mass is 16.4. The molecule has 0 bridgehead atoms. The molecule has 5 N–H and O–H groups in total. The van der Waals surface area contributed by atoms with Crippen molar-refractivity contribution in [3.63, 3.8) is 0 Å². The van der Waals surface area contributed by atoms with Gasteiger partial charge in [-0.3, -0.25) is 14.8 Å². The van der Waals surface area contributed by atoms with E-state index in [2.05, 4.69) is 0 Å². The van der Waals surface area contributed by atoms with Crippen LogP contribution in [-0.4, -0.2) is 16.5 Å². The molecule has 2 rings (SSSR count). The third-order valence-corrected chi connectivity index (χ3v) is 2.79. The van der Waals surface area contributed by atoms with Gasteiger partial charge in [-0.25, -0.2) is 10.6 Å². The molecule has 0 radical (unpaired) electrons. The first-order valence-electron chi connectivity index (χ1n) is 5.37. The second-order valence-corrected chi connectivity index (χ2v) is 4.05. The van der Waals surface area contributed by atoms with E-state index in [0.717, 1.165) is 5.56 Å². The lowest BCUT2D eigenvalue weighted by atomic mass is 10.1. The van der Waals surface area contributed by atoms with Crippen molar-refractivity contribution in [1.29, 1.82) is 0 Å². The first-order valence-corrected chi connectivity index (χ1v) is 5.37. The van der Waals surface area contributed by atoms with Crippen LogP contribution in [0.5, 0.6) is 0 Å². The second kappa shape index (κ2) is 4.63. The Bertz CT molecular complexity index is 643. The molecule has 1 amide bonds. The van der Waals surface area contributed by atoms with E-state index in [-0.39, 0.29) is 0 Å². The number of amides is 1. The lowest BCUT2D eigenvalue weighted by Gasteiger charge is -2.09. The third kappa shape index (κ3) is 2.13. The molecule has 7 nitrogen and oxygen atoms in total. The summed E-state index contributed by atoms with van der Waals surface area (Å²) < 4.78 is 6.46. The fourth-order valence-corrected chi connectivity index (χ4v) is 1.76. The Morgan fingerprint density at radius 1 is 1.56 bits per heavy atom. The van der Waals surface area contributed by atoms with E-state index in [4.69, 9.17) is 16.0 Å². The first-order chi connectivity index (χ1) is 8.52. The van der Waals surface area contributed by atoms with Gasteiger partial charge in [-0.2, -0.15) is 0 Å². The number of oxazole rings is 1. The SMILES string of the molecule is Cn1c(=O)oc2cc(CC(N)C(=O)NN)ccc21. The Balaban J connectivity index is 2.31. The molecule has 0 aliphatic heterocycles. The molecule has 1 aromatic carbocycles. The number of aryl methyl sites for hydroxylation is 1. The Labute approximate surface area is 102 Å². The Hall–Kier alpha value is -2.12. The molecule has 0 saturated carbocycles. The predicted octanol–water partition coefficient (Wildman–Crippen LogP) is -1.01. The summed E-state index contributed by atoms with van der Waals surface area (Å²) in [4.78, 5) is 22.5. The predicted molar refractivity (Wildman–Crippen MR) is 65.5 cm³/mol. The number of nitrogens with two attached hydrogens (primary N) is 2. The number of fused-ring (bicyclic) bond motifs is 1. The van der Waals surface area contributed by atoms with E-state index in [1.165, 1.54) is 4.57 Å². The third-order valence-electron chi connectivity index (χ3n) is 2.79. The normalized spacial score (nSPS) is 12.6. The summed E-state index contributed by atoms with van der Waals surface area (Å²) in [5.74, 6) is 4.13. The number of nitrogens with one attached hydrogen (secondary N) is 1. The number of aromatic nitrogens is 1. The minimum atomic E-state index is -0.733. The van der Waals surface area contributed by atoms with Gasteiger partial charge in [-0.15, -0.1) is 0 Å². The minimum Gasteiger partial charge on any atom is -0.408 e. The van der Waals surface area contributed by atoms with Gasteiger partial charge in [0.25, 0.3) is 5.91 Å². The summed E-state index contributed by atoms with van der Waals surface area (Å²) in [6, 6.07) is 4.51. The standard InChI is InChI=1S/C11H14N4O3/c1-15-8-3-2-6(4-7(12)10(16)14-13)5-9(8)18-11(15)17/h2-3,5,7H,4,12-13H2,1H3,(H,14,16). The van der Waals surface area contributed by atoms with E-state index < -0.39 is 17.7 Å². The maximum absolute atomic E-state index is 11.3. The lowest BCUT2D eigenvalue weighted by molar-refractivity contribution is -0.122. The zero-order valence-electron chi connectivity index (χ0n) is 9.84. The van der Waals surface area contributed by atoms with Crippen molar-refractivity contribution >= 4 is 17.0 Å². The molecular formula is C11H14N4O3. The molecule has 96 valence electrons. The van der Waals surface area contributed by atoms with E-state index in [9.17, 15) is 9.59 Å². The number of rotatable bonds is 3. The monoisotopic (exact) mass is 250 g/mol. The van der Waals surface area contributed by atoms with Crippen LogP contribution in [0.15, 0.2) is 27.4 Å². The fraction of sp³-hybridized carbons (Fsp3) is 0.273. The highest BCUT2D eigenvalue weighted by Gasteiger charge is 2.14. The van der Waals surface area contributed by atoms with E-state index in [0.29, 0.717) is 17.5 Å². The first kappa shape index (κ1) is 12.3. The summed E-state index contributed by atoms with van der Waals surface area (Å²) in [7, 11) is 1.63. The Kier molecular flexibility index (Phi) is 3.17. The van der Waals surface area contributed by atoms with Gasteiger partial charge in [0.15, 0.2) is 5.58 Å². The maximum Gasteiger partial charge on any atom is 0.419 e. The molecule has 0 aliphatic rings. The zero-order valence-corrected chi connectivity index (χ0v) is 9.84. The molecule has 1 heterocycles. The van der Waals surface area contributed by atoms with Crippen molar-refractivity contribution in [1.82, 2.24) is 9.99 Å². The number of hydrogen-bond acceptors (Lipinski definition) is 5. The Morgan fingerprint density at radius 2 is 2.28 bits per heavy atom. The van der Waals surface area contributed by atoms with Gasteiger partial charge >= 0.3 is 5.76 Å². The van der Waals surface area contributed by atoms with Gasteiger partial charge in [-0.05, 0) is 24.1 Å². The molecule has 2 aromatic rings. The van der Waals surface area contributed by atoms with Crippen molar-refractivity contribution in [2.24, 2.45) is 18.6 Å². The summed E-state index contributed by atoms with van der Waals surface area (Å²) >= 11 is 0. The van der Waals surface area contributed by atoms with Crippen LogP contribution in [0, 0.1) is 0 Å². The van der Waals surface area contributed by atoms with E-state index >= 15 is 0 Å². The maximum atomic E-state index is 11.3. The van der Waals surface area contributed by atoms with Gasteiger partial charge in [-0.1, -0.05) is 6.07 Å². The van der Waals surface area contributed by atoms with Crippen molar-refractivity contribution in [3.05, 3.63) is 34.3 Å². The van der Waals surface area contributed by atoms with Crippen LogP contribution < -0.4 is 22.8 Å². The molecular weight excluding hydrogens is 236 g/mol. The molecule has 7 heteroatoms. The van der Waals surface area contributed by atoms with Crippen LogP contribution in [0.2, 0.25) is 0 Å². The van der Waals surface area contributed by atoms with Crippen LogP contribution in [0.3, 0.4) is 0 Å². The summed E-state index contributed by atoms with van der Waals surface area (Å²) in [5, 5.41) is 0. The number of carbonyl (C=O) groups excluding carboxylic acids is 1. The fourth-order valence-electron chi connectivity index (χ4n) is 1.76. The van der Waals surface area contributed by atoms with Crippen LogP contribution in [-0.2, 0) is 18.3 Å². The van der Waals surface area contributed by atoms with Crippen LogP contribution in [0.4, 0.5) is 0 Å². The zero-order chi connectivity index (χ0) is 13.3. The van der Waals surface area contributed by atoms with E-state index in [1.54, 1.807) is 25.2 Å². The minimum absolute atomic E-state index is 0.317. The molecule has 1 atom stereocenters. The van der Waals surface area contributed by atoms with Crippen LogP contribution in [0.25, 0.3) is 11.1 Å². The van der Waals surface area contributed by atoms with Crippen molar-refractivity contribution < 1.29 is 9.21 Å². The average Bonchev–Trinajstić information content (AvgIpc) is 2.63. The van der Waals surface area contributed by atoms with Crippen molar-refractivity contribution in [3.8, 4) is 0 Å². The highest BCUT2D eigenvalue weighted by molar-refractivity contribution is 5.81. The molecule has 18 heavy (non-hydrogen) atoms. The largest absolute Gasteiger partial charge is 0.419 e. The number of nitrogens with zero attached hydrogens (tertiary/aromatic N) is 1.